The first-order valence-electron chi connectivity index (χ1n) is 5.00. The highest BCUT2D eigenvalue weighted by atomic mass is 35.5. The van der Waals surface area contributed by atoms with Crippen LogP contribution in [0.25, 0.3) is 0 Å². The number of rotatable bonds is 3. The van der Waals surface area contributed by atoms with Gasteiger partial charge in [0.1, 0.15) is 17.2 Å². The quantitative estimate of drug-likeness (QED) is 0.886. The number of nitrogens with zero attached hydrogens (tertiary/aromatic N) is 2. The zero-order valence-electron chi connectivity index (χ0n) is 8.94. The van der Waals surface area contributed by atoms with Crippen LogP contribution in [0, 0.1) is 6.92 Å². The molecule has 0 spiro atoms. The van der Waals surface area contributed by atoms with Gasteiger partial charge < -0.3 is 5.32 Å². The lowest BCUT2D eigenvalue weighted by Gasteiger charge is -2.06. The molecular formula is C12H12ClN3. The maximum atomic E-state index is 5.93. The third-order valence-corrected chi connectivity index (χ3v) is 2.52. The molecule has 4 heteroatoms. The maximum absolute atomic E-state index is 5.93. The predicted molar refractivity (Wildman–Crippen MR) is 65.5 cm³/mol. The van der Waals surface area contributed by atoms with Crippen molar-refractivity contribution < 1.29 is 0 Å². The molecule has 0 amide bonds. The van der Waals surface area contributed by atoms with Crippen LogP contribution in [-0.4, -0.2) is 9.97 Å². The number of hydrogen-bond donors (Lipinski definition) is 1. The Morgan fingerprint density at radius 1 is 1.25 bits per heavy atom. The van der Waals surface area contributed by atoms with Gasteiger partial charge in [-0.05, 0) is 12.5 Å². The number of benzene rings is 1. The van der Waals surface area contributed by atoms with Gasteiger partial charge >= 0.3 is 0 Å². The summed E-state index contributed by atoms with van der Waals surface area (Å²) in [7, 11) is 0. The SMILES string of the molecule is Cc1ccc(CNc2ncncc2Cl)cc1. The zero-order valence-corrected chi connectivity index (χ0v) is 9.70. The fraction of sp³-hybridized carbons (Fsp3) is 0.167. The standard InChI is InChI=1S/C12H12ClN3/c1-9-2-4-10(5-3-9)6-15-12-11(13)7-14-8-16-12/h2-5,7-8H,6H2,1H3,(H,14,15,16). The van der Waals surface area contributed by atoms with Gasteiger partial charge in [-0.1, -0.05) is 41.4 Å². The van der Waals surface area contributed by atoms with Crippen LogP contribution in [0.4, 0.5) is 5.82 Å². The largest absolute Gasteiger partial charge is 0.365 e. The first kappa shape index (κ1) is 10.9. The Balaban J connectivity index is 2.02. The van der Waals surface area contributed by atoms with Gasteiger partial charge in [0, 0.05) is 6.54 Å². The van der Waals surface area contributed by atoms with Gasteiger partial charge in [-0.3, -0.25) is 0 Å². The summed E-state index contributed by atoms with van der Waals surface area (Å²) >= 11 is 5.93. The monoisotopic (exact) mass is 233 g/mol. The van der Waals surface area contributed by atoms with Crippen molar-refractivity contribution in [2.24, 2.45) is 0 Å². The van der Waals surface area contributed by atoms with E-state index in [4.69, 9.17) is 11.6 Å². The summed E-state index contributed by atoms with van der Waals surface area (Å²) in [5.74, 6) is 0.664. The second kappa shape index (κ2) is 4.94. The Kier molecular flexibility index (Phi) is 3.37. The Bertz CT molecular complexity index is 468. The van der Waals surface area contributed by atoms with Crippen LogP contribution in [0.3, 0.4) is 0 Å². The van der Waals surface area contributed by atoms with Crippen molar-refractivity contribution >= 4 is 17.4 Å². The molecule has 1 aromatic carbocycles. The fourth-order valence-electron chi connectivity index (χ4n) is 1.33. The summed E-state index contributed by atoms with van der Waals surface area (Å²) < 4.78 is 0. The number of nitrogens with one attached hydrogen (secondary N) is 1. The fourth-order valence-corrected chi connectivity index (χ4v) is 1.51. The van der Waals surface area contributed by atoms with Crippen LogP contribution in [0.15, 0.2) is 36.8 Å². The molecule has 2 aromatic rings. The normalized spacial score (nSPS) is 10.1. The Labute approximate surface area is 99.5 Å². The van der Waals surface area contributed by atoms with Crippen LogP contribution >= 0.6 is 11.6 Å². The van der Waals surface area contributed by atoms with Crippen molar-refractivity contribution in [2.75, 3.05) is 5.32 Å². The molecule has 1 aromatic heterocycles. The van der Waals surface area contributed by atoms with Crippen molar-refractivity contribution in [3.8, 4) is 0 Å². The summed E-state index contributed by atoms with van der Waals surface area (Å²) in [5, 5.41) is 3.70. The van der Waals surface area contributed by atoms with Gasteiger partial charge in [-0.25, -0.2) is 9.97 Å². The molecular weight excluding hydrogens is 222 g/mol. The number of halogens is 1. The van der Waals surface area contributed by atoms with Gasteiger partial charge in [0.25, 0.3) is 0 Å². The molecule has 0 saturated heterocycles. The van der Waals surface area contributed by atoms with Crippen molar-refractivity contribution in [1.29, 1.82) is 0 Å². The molecule has 1 heterocycles. The van der Waals surface area contributed by atoms with E-state index in [1.54, 1.807) is 6.20 Å². The van der Waals surface area contributed by atoms with E-state index < -0.39 is 0 Å². The second-order valence-corrected chi connectivity index (χ2v) is 3.97. The molecule has 1 N–H and O–H groups in total. The minimum absolute atomic E-state index is 0.537. The number of hydrogen-bond acceptors (Lipinski definition) is 3. The molecule has 0 aliphatic heterocycles. The van der Waals surface area contributed by atoms with Gasteiger partial charge in [-0.15, -0.1) is 0 Å². The lowest BCUT2D eigenvalue weighted by Crippen LogP contribution is -2.02. The van der Waals surface area contributed by atoms with E-state index >= 15 is 0 Å². The van der Waals surface area contributed by atoms with Gasteiger partial charge in [0.2, 0.25) is 0 Å². The average molecular weight is 234 g/mol. The minimum Gasteiger partial charge on any atom is -0.365 e. The smallest absolute Gasteiger partial charge is 0.148 e. The number of aromatic nitrogens is 2. The first-order valence-corrected chi connectivity index (χ1v) is 5.38. The van der Waals surface area contributed by atoms with E-state index in [0.717, 1.165) is 0 Å². The first-order chi connectivity index (χ1) is 7.75. The topological polar surface area (TPSA) is 37.8 Å². The van der Waals surface area contributed by atoms with E-state index in [-0.39, 0.29) is 0 Å². The van der Waals surface area contributed by atoms with E-state index in [2.05, 4.69) is 46.5 Å². The minimum atomic E-state index is 0.537. The Hall–Kier alpha value is -1.61. The average Bonchev–Trinajstić information content (AvgIpc) is 2.30. The molecule has 0 bridgehead atoms. The summed E-state index contributed by atoms with van der Waals surface area (Å²) in [6.07, 6.45) is 3.05. The Morgan fingerprint density at radius 3 is 2.69 bits per heavy atom. The highest BCUT2D eigenvalue weighted by Gasteiger charge is 2.00. The van der Waals surface area contributed by atoms with Crippen molar-refractivity contribution in [2.45, 2.75) is 13.5 Å². The van der Waals surface area contributed by atoms with Crippen molar-refractivity contribution in [3.05, 3.63) is 52.9 Å². The molecule has 2 rings (SSSR count). The molecule has 16 heavy (non-hydrogen) atoms. The molecule has 0 radical (unpaired) electrons. The lowest BCUT2D eigenvalue weighted by atomic mass is 10.1. The van der Waals surface area contributed by atoms with E-state index in [1.165, 1.54) is 17.5 Å². The molecule has 0 fully saturated rings. The lowest BCUT2D eigenvalue weighted by molar-refractivity contribution is 1.08. The van der Waals surface area contributed by atoms with Crippen LogP contribution in [0.1, 0.15) is 11.1 Å². The molecule has 0 saturated carbocycles. The molecule has 0 atom stereocenters. The van der Waals surface area contributed by atoms with Crippen LogP contribution < -0.4 is 5.32 Å². The molecule has 0 aliphatic carbocycles. The zero-order chi connectivity index (χ0) is 11.4. The van der Waals surface area contributed by atoms with Crippen LogP contribution in [0.5, 0.6) is 0 Å². The maximum Gasteiger partial charge on any atom is 0.148 e. The van der Waals surface area contributed by atoms with Crippen molar-refractivity contribution in [3.63, 3.8) is 0 Å². The van der Waals surface area contributed by atoms with Gasteiger partial charge in [-0.2, -0.15) is 0 Å². The molecule has 0 aliphatic rings. The second-order valence-electron chi connectivity index (χ2n) is 3.56. The number of anilines is 1. The summed E-state index contributed by atoms with van der Waals surface area (Å²) in [5.41, 5.74) is 2.45. The van der Waals surface area contributed by atoms with Gasteiger partial charge in [0.15, 0.2) is 0 Å². The van der Waals surface area contributed by atoms with Crippen LogP contribution in [-0.2, 0) is 6.54 Å². The van der Waals surface area contributed by atoms with Gasteiger partial charge in [0.05, 0.1) is 6.20 Å². The highest BCUT2D eigenvalue weighted by molar-refractivity contribution is 6.32. The summed E-state index contributed by atoms with van der Waals surface area (Å²) in [6, 6.07) is 8.33. The molecule has 82 valence electrons. The summed E-state index contributed by atoms with van der Waals surface area (Å²) in [4.78, 5) is 7.89. The van der Waals surface area contributed by atoms with Crippen molar-refractivity contribution in [1.82, 2.24) is 9.97 Å². The number of aryl methyl sites for hydroxylation is 1. The predicted octanol–water partition coefficient (Wildman–Crippen LogP) is 3.05. The third-order valence-electron chi connectivity index (χ3n) is 2.25. The third kappa shape index (κ3) is 2.70. The van der Waals surface area contributed by atoms with E-state index in [1.807, 2.05) is 0 Å². The highest BCUT2D eigenvalue weighted by Crippen LogP contribution is 2.16. The Morgan fingerprint density at radius 2 is 2.00 bits per heavy atom. The van der Waals surface area contributed by atoms with Crippen LogP contribution in [0.2, 0.25) is 5.02 Å². The summed E-state index contributed by atoms with van der Waals surface area (Å²) in [6.45, 7) is 2.77. The van der Waals surface area contributed by atoms with E-state index in [0.29, 0.717) is 17.4 Å². The molecule has 0 unspecified atom stereocenters. The van der Waals surface area contributed by atoms with E-state index in [9.17, 15) is 0 Å². The molecule has 3 nitrogen and oxygen atoms in total.